The van der Waals surface area contributed by atoms with Crippen LogP contribution in [0.3, 0.4) is 0 Å². The maximum Gasteiger partial charge on any atom is 0.238 e. The zero-order chi connectivity index (χ0) is 14.7. The van der Waals surface area contributed by atoms with E-state index in [1.807, 2.05) is 18.2 Å². The number of aromatic nitrogens is 1. The number of carbonyl (C=O) groups is 1. The van der Waals surface area contributed by atoms with Crippen molar-refractivity contribution in [1.82, 2.24) is 10.3 Å². The van der Waals surface area contributed by atoms with Gasteiger partial charge in [-0.25, -0.2) is 4.98 Å². The number of nitrogens with one attached hydrogen (secondary N) is 2. The minimum Gasteiger partial charge on any atom is -0.383 e. The summed E-state index contributed by atoms with van der Waals surface area (Å²) in [6.07, 6.45) is 2.52. The molecule has 1 aromatic carbocycles. The highest BCUT2D eigenvalue weighted by Crippen LogP contribution is 2.43. The molecule has 2 aromatic rings. The van der Waals surface area contributed by atoms with Gasteiger partial charge in [-0.1, -0.05) is 0 Å². The number of hydrogen-bond donors (Lipinski definition) is 2. The van der Waals surface area contributed by atoms with Crippen molar-refractivity contribution < 1.29 is 9.53 Å². The number of carbonyl (C=O) groups excluding carboxylic acids is 1. The van der Waals surface area contributed by atoms with E-state index in [1.165, 1.54) is 17.8 Å². The third kappa shape index (κ3) is 4.39. The fraction of sp³-hybridized carbons (Fsp3) is 0.467. The molecule has 3 rings (SSSR count). The lowest BCUT2D eigenvalue weighted by atomic mass is 10.3. The second-order valence-electron chi connectivity index (χ2n) is 5.23. The van der Waals surface area contributed by atoms with Crippen molar-refractivity contribution in [3.8, 4) is 0 Å². The molecule has 1 aromatic heterocycles. The number of ether oxygens (including phenoxy) is 1. The van der Waals surface area contributed by atoms with Gasteiger partial charge in [-0.3, -0.25) is 4.79 Å². The molecular formula is C15H20ClN3O2S. The summed E-state index contributed by atoms with van der Waals surface area (Å²) < 4.78 is 6.06. The van der Waals surface area contributed by atoms with Crippen LogP contribution in [0.25, 0.3) is 10.2 Å². The second kappa shape index (κ2) is 7.87. The van der Waals surface area contributed by atoms with Crippen LogP contribution in [-0.2, 0) is 9.53 Å². The average Bonchev–Trinajstić information content (AvgIpc) is 3.24. The number of rotatable bonds is 7. The number of fused-ring (bicyclic) bond motifs is 1. The fourth-order valence-electron chi connectivity index (χ4n) is 2.11. The van der Waals surface area contributed by atoms with E-state index in [-0.39, 0.29) is 24.9 Å². The average molecular weight is 342 g/mol. The molecule has 5 nitrogen and oxygen atoms in total. The molecule has 22 heavy (non-hydrogen) atoms. The minimum atomic E-state index is -0.0441. The standard InChI is InChI=1S/C15H19N3O2S.ClH/c1-20-7-6-16-9-14(19)17-11-4-5-12-13(8-11)21-15(18-12)10-2-3-10;/h4-5,8,10,16H,2-3,6-7,9H2,1H3,(H,17,19);1H. The first-order valence-electron chi connectivity index (χ1n) is 7.16. The van der Waals surface area contributed by atoms with Crippen LogP contribution in [0.5, 0.6) is 0 Å². The maximum atomic E-state index is 11.8. The Balaban J connectivity index is 0.00000176. The van der Waals surface area contributed by atoms with Gasteiger partial charge >= 0.3 is 0 Å². The quantitative estimate of drug-likeness (QED) is 0.760. The molecule has 0 atom stereocenters. The molecule has 120 valence electrons. The zero-order valence-electron chi connectivity index (χ0n) is 12.4. The Hall–Kier alpha value is -1.21. The molecule has 1 saturated carbocycles. The number of nitrogens with zero attached hydrogens (tertiary/aromatic N) is 1. The van der Waals surface area contributed by atoms with Crippen molar-refractivity contribution in [2.45, 2.75) is 18.8 Å². The Morgan fingerprint density at radius 2 is 2.27 bits per heavy atom. The van der Waals surface area contributed by atoms with Gasteiger partial charge in [0.2, 0.25) is 5.91 Å². The lowest BCUT2D eigenvalue weighted by Crippen LogP contribution is -2.30. The number of methoxy groups -OCH3 is 1. The lowest BCUT2D eigenvalue weighted by Gasteiger charge is -2.06. The highest BCUT2D eigenvalue weighted by atomic mass is 35.5. The van der Waals surface area contributed by atoms with Gasteiger partial charge in [-0.15, -0.1) is 23.7 Å². The van der Waals surface area contributed by atoms with Crippen LogP contribution < -0.4 is 10.6 Å². The van der Waals surface area contributed by atoms with Crippen LogP contribution in [0.1, 0.15) is 23.8 Å². The first-order valence-corrected chi connectivity index (χ1v) is 7.98. The van der Waals surface area contributed by atoms with Gasteiger partial charge < -0.3 is 15.4 Å². The molecule has 2 N–H and O–H groups in total. The summed E-state index contributed by atoms with van der Waals surface area (Å²) in [4.78, 5) is 16.5. The second-order valence-corrected chi connectivity index (χ2v) is 6.29. The third-order valence-corrected chi connectivity index (χ3v) is 4.56. The topological polar surface area (TPSA) is 63.2 Å². The summed E-state index contributed by atoms with van der Waals surface area (Å²) >= 11 is 1.74. The SMILES string of the molecule is COCCNCC(=O)Nc1ccc2nc(C3CC3)sc2c1.Cl. The normalized spacial score (nSPS) is 13.9. The molecule has 1 aliphatic carbocycles. The van der Waals surface area contributed by atoms with Crippen LogP contribution in [0.15, 0.2) is 18.2 Å². The number of anilines is 1. The summed E-state index contributed by atoms with van der Waals surface area (Å²) in [6.45, 7) is 1.56. The molecule has 1 fully saturated rings. The number of amides is 1. The molecule has 0 spiro atoms. The van der Waals surface area contributed by atoms with Crippen molar-refractivity contribution >= 4 is 45.6 Å². The van der Waals surface area contributed by atoms with E-state index >= 15 is 0 Å². The van der Waals surface area contributed by atoms with Crippen LogP contribution in [-0.4, -0.2) is 37.7 Å². The van der Waals surface area contributed by atoms with Gasteiger partial charge in [-0.2, -0.15) is 0 Å². The van der Waals surface area contributed by atoms with E-state index in [4.69, 9.17) is 4.74 Å². The third-order valence-electron chi connectivity index (χ3n) is 3.38. The number of benzene rings is 1. The first kappa shape index (κ1) is 17.1. The monoisotopic (exact) mass is 341 g/mol. The van der Waals surface area contributed by atoms with Crippen LogP contribution >= 0.6 is 23.7 Å². The predicted molar refractivity (Wildman–Crippen MR) is 92.2 cm³/mol. The van der Waals surface area contributed by atoms with Crippen molar-refractivity contribution in [1.29, 1.82) is 0 Å². The Bertz CT molecular complexity index is 643. The van der Waals surface area contributed by atoms with E-state index < -0.39 is 0 Å². The van der Waals surface area contributed by atoms with Crippen molar-refractivity contribution in [3.63, 3.8) is 0 Å². The molecule has 0 bridgehead atoms. The summed E-state index contributed by atoms with van der Waals surface area (Å²) in [7, 11) is 1.64. The van der Waals surface area contributed by atoms with Crippen molar-refractivity contribution in [2.24, 2.45) is 0 Å². The van der Waals surface area contributed by atoms with Gasteiger partial charge in [0.15, 0.2) is 0 Å². The van der Waals surface area contributed by atoms with E-state index in [0.29, 0.717) is 19.1 Å². The fourth-order valence-corrected chi connectivity index (χ4v) is 3.28. The van der Waals surface area contributed by atoms with Crippen molar-refractivity contribution in [3.05, 3.63) is 23.2 Å². The smallest absolute Gasteiger partial charge is 0.238 e. The molecule has 1 aliphatic rings. The Morgan fingerprint density at radius 3 is 3.00 bits per heavy atom. The van der Waals surface area contributed by atoms with Crippen LogP contribution in [0.4, 0.5) is 5.69 Å². The Labute approximate surface area is 139 Å². The molecule has 7 heteroatoms. The summed E-state index contributed by atoms with van der Waals surface area (Å²) in [5.74, 6) is 0.628. The van der Waals surface area contributed by atoms with E-state index in [2.05, 4.69) is 15.6 Å². The van der Waals surface area contributed by atoms with Crippen molar-refractivity contribution in [2.75, 3.05) is 32.1 Å². The van der Waals surface area contributed by atoms with Gasteiger partial charge in [0.25, 0.3) is 0 Å². The molecule has 0 radical (unpaired) electrons. The highest BCUT2D eigenvalue weighted by molar-refractivity contribution is 7.18. The van der Waals surface area contributed by atoms with Gasteiger partial charge in [-0.05, 0) is 31.0 Å². The lowest BCUT2D eigenvalue weighted by molar-refractivity contribution is -0.115. The number of halogens is 1. The Morgan fingerprint density at radius 1 is 1.45 bits per heavy atom. The molecule has 0 aliphatic heterocycles. The van der Waals surface area contributed by atoms with E-state index in [1.54, 1.807) is 18.4 Å². The largest absolute Gasteiger partial charge is 0.383 e. The maximum absolute atomic E-state index is 11.8. The molecular weight excluding hydrogens is 322 g/mol. The molecule has 0 unspecified atom stereocenters. The van der Waals surface area contributed by atoms with Crippen LogP contribution in [0.2, 0.25) is 0 Å². The number of thiazole rings is 1. The first-order chi connectivity index (χ1) is 10.3. The Kier molecular flexibility index (Phi) is 6.14. The van der Waals surface area contributed by atoms with Gasteiger partial charge in [0.05, 0.1) is 28.4 Å². The highest BCUT2D eigenvalue weighted by Gasteiger charge is 2.26. The minimum absolute atomic E-state index is 0. The van der Waals surface area contributed by atoms with E-state index in [0.717, 1.165) is 15.9 Å². The molecule has 1 heterocycles. The summed E-state index contributed by atoms with van der Waals surface area (Å²) in [5, 5.41) is 7.16. The summed E-state index contributed by atoms with van der Waals surface area (Å²) in [5.41, 5.74) is 1.85. The number of hydrogen-bond acceptors (Lipinski definition) is 5. The summed E-state index contributed by atoms with van der Waals surface area (Å²) in [6, 6.07) is 5.89. The van der Waals surface area contributed by atoms with Gasteiger partial charge in [0.1, 0.15) is 0 Å². The van der Waals surface area contributed by atoms with Crippen LogP contribution in [0, 0.1) is 0 Å². The van der Waals surface area contributed by atoms with Gasteiger partial charge in [0, 0.05) is 25.3 Å². The molecule has 1 amide bonds. The molecule has 0 saturated heterocycles. The predicted octanol–water partition coefficient (Wildman–Crippen LogP) is 2.77. The zero-order valence-corrected chi connectivity index (χ0v) is 14.1. The van der Waals surface area contributed by atoms with E-state index in [9.17, 15) is 4.79 Å².